The number of halogens is 1. The summed E-state index contributed by atoms with van der Waals surface area (Å²) in [4.78, 5) is 23.7. The monoisotopic (exact) mass is 250 g/mol. The van der Waals surface area contributed by atoms with Crippen molar-refractivity contribution < 1.29 is 14.7 Å². The molecular weight excluding hydrogens is 232 g/mol. The molecular formula is C10H19ClN2O3. The molecule has 0 bridgehead atoms. The maximum Gasteiger partial charge on any atom is 0.407 e. The van der Waals surface area contributed by atoms with Crippen LogP contribution < -0.4 is 5.32 Å². The Labute approximate surface area is 102 Å². The second kappa shape index (κ2) is 6.70. The largest absolute Gasteiger partial charge is 0.465 e. The Morgan fingerprint density at radius 1 is 1.50 bits per heavy atom. The number of carbonyl (C=O) groups excluding carboxylic acids is 1. The Morgan fingerprint density at radius 3 is 2.50 bits per heavy atom. The summed E-state index contributed by atoms with van der Waals surface area (Å²) in [6, 6.07) is -0.307. The van der Waals surface area contributed by atoms with E-state index in [0.29, 0.717) is 0 Å². The van der Waals surface area contributed by atoms with E-state index in [0.717, 1.165) is 19.4 Å². The van der Waals surface area contributed by atoms with E-state index in [1.807, 2.05) is 0 Å². The van der Waals surface area contributed by atoms with Gasteiger partial charge in [0.25, 0.3) is 0 Å². The van der Waals surface area contributed by atoms with Crippen molar-refractivity contribution in [2.75, 3.05) is 13.1 Å². The first-order valence-electron chi connectivity index (χ1n) is 5.28. The molecule has 1 fully saturated rings. The van der Waals surface area contributed by atoms with E-state index >= 15 is 0 Å². The third-order valence-electron chi connectivity index (χ3n) is 2.64. The number of hydrogen-bond donors (Lipinski definition) is 2. The van der Waals surface area contributed by atoms with E-state index in [9.17, 15) is 9.59 Å². The molecule has 1 aliphatic rings. The van der Waals surface area contributed by atoms with Gasteiger partial charge in [0.2, 0.25) is 0 Å². The van der Waals surface area contributed by atoms with Crippen molar-refractivity contribution in [3.05, 3.63) is 0 Å². The Kier molecular flexibility index (Phi) is 6.36. The highest BCUT2D eigenvalue weighted by Gasteiger charge is 2.26. The van der Waals surface area contributed by atoms with E-state index in [-0.39, 0.29) is 36.8 Å². The van der Waals surface area contributed by atoms with Crippen LogP contribution in [0.2, 0.25) is 0 Å². The number of nitrogens with zero attached hydrogens (tertiary/aromatic N) is 1. The van der Waals surface area contributed by atoms with Crippen LogP contribution in [0.15, 0.2) is 0 Å². The van der Waals surface area contributed by atoms with Crippen molar-refractivity contribution in [2.24, 2.45) is 0 Å². The molecule has 0 aliphatic carbocycles. The van der Waals surface area contributed by atoms with Gasteiger partial charge in [-0.1, -0.05) is 0 Å². The quantitative estimate of drug-likeness (QED) is 0.785. The van der Waals surface area contributed by atoms with Crippen LogP contribution in [0.5, 0.6) is 0 Å². The number of ketones is 1. The lowest BCUT2D eigenvalue weighted by Gasteiger charge is -2.23. The number of rotatable bonds is 4. The van der Waals surface area contributed by atoms with Crippen LogP contribution in [0.3, 0.4) is 0 Å². The first-order chi connectivity index (χ1) is 7.02. The van der Waals surface area contributed by atoms with Crippen molar-refractivity contribution >= 4 is 24.3 Å². The molecule has 0 unspecified atom stereocenters. The van der Waals surface area contributed by atoms with Gasteiger partial charge in [-0.2, -0.15) is 0 Å². The van der Waals surface area contributed by atoms with Gasteiger partial charge in [-0.05, 0) is 33.2 Å². The van der Waals surface area contributed by atoms with Crippen LogP contribution in [0.1, 0.15) is 26.7 Å². The highest BCUT2D eigenvalue weighted by Crippen LogP contribution is 2.08. The molecule has 0 spiro atoms. The van der Waals surface area contributed by atoms with Gasteiger partial charge < -0.3 is 10.4 Å². The first kappa shape index (κ1) is 15.2. The minimum absolute atomic E-state index is 0. The van der Waals surface area contributed by atoms with Crippen LogP contribution >= 0.6 is 12.4 Å². The highest BCUT2D eigenvalue weighted by atomic mass is 35.5. The van der Waals surface area contributed by atoms with Crippen LogP contribution in [-0.4, -0.2) is 47.1 Å². The smallest absolute Gasteiger partial charge is 0.407 e. The molecule has 2 N–H and O–H groups in total. The predicted octanol–water partition coefficient (Wildman–Crippen LogP) is 1.12. The molecule has 1 aliphatic heterocycles. The molecule has 1 saturated heterocycles. The minimum Gasteiger partial charge on any atom is -0.465 e. The molecule has 1 amide bonds. The summed E-state index contributed by atoms with van der Waals surface area (Å²) in [7, 11) is 0. The van der Waals surface area contributed by atoms with E-state index < -0.39 is 6.09 Å². The zero-order valence-corrected chi connectivity index (χ0v) is 10.4. The average molecular weight is 251 g/mol. The molecule has 1 rings (SSSR count). The lowest BCUT2D eigenvalue weighted by molar-refractivity contribution is -0.121. The zero-order chi connectivity index (χ0) is 11.4. The summed E-state index contributed by atoms with van der Waals surface area (Å²) < 4.78 is 0. The van der Waals surface area contributed by atoms with Crippen molar-refractivity contribution in [1.82, 2.24) is 10.2 Å². The van der Waals surface area contributed by atoms with Gasteiger partial charge in [-0.25, -0.2) is 4.79 Å². The third-order valence-corrected chi connectivity index (χ3v) is 2.64. The maximum absolute atomic E-state index is 11.7. The van der Waals surface area contributed by atoms with Gasteiger partial charge in [-0.15, -0.1) is 12.4 Å². The Balaban J connectivity index is 0.00000225. The summed E-state index contributed by atoms with van der Waals surface area (Å²) in [5.41, 5.74) is 0. The molecule has 6 heteroatoms. The molecule has 16 heavy (non-hydrogen) atoms. The molecule has 1 atom stereocenters. The predicted molar refractivity (Wildman–Crippen MR) is 63.1 cm³/mol. The average Bonchev–Trinajstić information content (AvgIpc) is 2.65. The van der Waals surface area contributed by atoms with Gasteiger partial charge in [0, 0.05) is 6.04 Å². The summed E-state index contributed by atoms with van der Waals surface area (Å²) >= 11 is 0. The summed E-state index contributed by atoms with van der Waals surface area (Å²) in [5, 5.41) is 12.0. The molecule has 0 aromatic rings. The van der Waals surface area contributed by atoms with Gasteiger partial charge in [-0.3, -0.25) is 9.69 Å². The fourth-order valence-electron chi connectivity index (χ4n) is 1.71. The number of amides is 1. The number of nitrogens with one attached hydrogen (secondary N) is 1. The van der Waals surface area contributed by atoms with Crippen molar-refractivity contribution in [3.63, 3.8) is 0 Å². The van der Waals surface area contributed by atoms with E-state index in [4.69, 9.17) is 5.11 Å². The second-order valence-corrected chi connectivity index (χ2v) is 4.12. The molecule has 0 aromatic heterocycles. The Morgan fingerprint density at radius 2 is 2.12 bits per heavy atom. The van der Waals surface area contributed by atoms with Gasteiger partial charge in [0.15, 0.2) is 5.78 Å². The van der Waals surface area contributed by atoms with Crippen molar-refractivity contribution in [1.29, 1.82) is 0 Å². The fraction of sp³-hybridized carbons (Fsp3) is 0.800. The standard InChI is InChI=1S/C10H18N2O3.ClH/c1-7(2)12(10(14)15)6-9(13)8-4-3-5-11-8;/h7-8,11H,3-6H2,1-2H3,(H,14,15);1H/t8-;/m0./s1. The number of Topliss-reactive ketones (excluding diaryl/α,β-unsaturated/α-hetero) is 1. The normalized spacial score (nSPS) is 19.3. The van der Waals surface area contributed by atoms with Crippen LogP contribution in [0, 0.1) is 0 Å². The van der Waals surface area contributed by atoms with E-state index in [2.05, 4.69) is 5.32 Å². The van der Waals surface area contributed by atoms with Crippen molar-refractivity contribution in [3.8, 4) is 0 Å². The second-order valence-electron chi connectivity index (χ2n) is 4.12. The van der Waals surface area contributed by atoms with E-state index in [1.54, 1.807) is 13.8 Å². The minimum atomic E-state index is -1.03. The Bertz CT molecular complexity index is 252. The highest BCUT2D eigenvalue weighted by molar-refractivity contribution is 5.88. The van der Waals surface area contributed by atoms with Crippen LogP contribution in [0.4, 0.5) is 4.79 Å². The molecule has 0 aromatic carbocycles. The molecule has 94 valence electrons. The van der Waals surface area contributed by atoms with Crippen LogP contribution in [-0.2, 0) is 4.79 Å². The lowest BCUT2D eigenvalue weighted by Crippen LogP contribution is -2.44. The lowest BCUT2D eigenvalue weighted by atomic mass is 10.1. The summed E-state index contributed by atoms with van der Waals surface area (Å²) in [5.74, 6) is -0.0244. The topological polar surface area (TPSA) is 69.6 Å². The van der Waals surface area contributed by atoms with Crippen LogP contribution in [0.25, 0.3) is 0 Å². The van der Waals surface area contributed by atoms with Gasteiger partial charge in [0.05, 0.1) is 12.6 Å². The SMILES string of the molecule is CC(C)N(CC(=O)[C@@H]1CCCN1)C(=O)O.Cl. The maximum atomic E-state index is 11.7. The molecule has 5 nitrogen and oxygen atoms in total. The first-order valence-corrected chi connectivity index (χ1v) is 5.28. The van der Waals surface area contributed by atoms with E-state index in [1.165, 1.54) is 4.90 Å². The summed E-state index contributed by atoms with van der Waals surface area (Å²) in [6.07, 6.45) is 0.784. The number of carbonyl (C=O) groups is 2. The van der Waals surface area contributed by atoms with Crippen molar-refractivity contribution in [2.45, 2.75) is 38.8 Å². The van der Waals surface area contributed by atoms with Gasteiger partial charge in [0.1, 0.15) is 0 Å². The number of carboxylic acid groups (broad SMARTS) is 1. The summed E-state index contributed by atoms with van der Waals surface area (Å²) in [6.45, 7) is 4.38. The zero-order valence-electron chi connectivity index (χ0n) is 9.60. The fourth-order valence-corrected chi connectivity index (χ4v) is 1.71. The molecule has 1 heterocycles. The Hall–Kier alpha value is -0.810. The molecule has 0 radical (unpaired) electrons. The third kappa shape index (κ3) is 3.98. The molecule has 0 saturated carbocycles. The number of hydrogen-bond acceptors (Lipinski definition) is 3. The van der Waals surface area contributed by atoms with Gasteiger partial charge >= 0.3 is 6.09 Å².